The molecule has 1 aromatic heterocycles. The van der Waals surface area contributed by atoms with E-state index in [2.05, 4.69) is 10.3 Å². The van der Waals surface area contributed by atoms with E-state index in [1.807, 2.05) is 31.2 Å². The molecular formula is C22H20N2O3S. The number of anilines is 1. The maximum Gasteiger partial charge on any atom is 0.257 e. The molecule has 0 saturated carbocycles. The van der Waals surface area contributed by atoms with Crippen LogP contribution in [0.3, 0.4) is 0 Å². The summed E-state index contributed by atoms with van der Waals surface area (Å²) in [6.45, 7) is 3.77. The first-order chi connectivity index (χ1) is 13.5. The van der Waals surface area contributed by atoms with Gasteiger partial charge in [-0.15, -0.1) is 0 Å². The van der Waals surface area contributed by atoms with Crippen molar-refractivity contribution in [3.63, 3.8) is 0 Å². The van der Waals surface area contributed by atoms with Gasteiger partial charge in [-0.3, -0.25) is 14.9 Å². The van der Waals surface area contributed by atoms with Crippen LogP contribution >= 0.6 is 11.3 Å². The summed E-state index contributed by atoms with van der Waals surface area (Å²) in [5.41, 5.74) is 3.20. The summed E-state index contributed by atoms with van der Waals surface area (Å²) < 4.78 is 5.09. The number of hydrogen-bond acceptors (Lipinski definition) is 5. The Morgan fingerprint density at radius 1 is 1.04 bits per heavy atom. The lowest BCUT2D eigenvalue weighted by Gasteiger charge is -2.03. The van der Waals surface area contributed by atoms with Gasteiger partial charge in [0, 0.05) is 5.56 Å². The highest BCUT2D eigenvalue weighted by atomic mass is 32.1. The minimum absolute atomic E-state index is 0.138. The standard InChI is InChI=1S/C22H20N2O3S/c1-14-4-6-16(7-5-14)8-13-19(25)20-15(2)23-22(28-20)24-21(26)17-9-11-18(27-3)12-10-17/h4-13H,1-3H3,(H,23,24,26)/b13-8+. The zero-order valence-electron chi connectivity index (χ0n) is 15.9. The van der Waals surface area contributed by atoms with Crippen LogP contribution in [0, 0.1) is 13.8 Å². The van der Waals surface area contributed by atoms with Gasteiger partial charge in [0.15, 0.2) is 10.9 Å². The van der Waals surface area contributed by atoms with Crippen molar-refractivity contribution in [2.45, 2.75) is 13.8 Å². The first kappa shape index (κ1) is 19.5. The van der Waals surface area contributed by atoms with Crippen LogP contribution in [0.15, 0.2) is 54.6 Å². The van der Waals surface area contributed by atoms with Crippen LogP contribution in [0.25, 0.3) is 6.08 Å². The molecule has 142 valence electrons. The Balaban J connectivity index is 1.70. The minimum atomic E-state index is -0.286. The van der Waals surface area contributed by atoms with Crippen LogP contribution < -0.4 is 10.1 Å². The van der Waals surface area contributed by atoms with Gasteiger partial charge >= 0.3 is 0 Å². The molecule has 0 saturated heterocycles. The van der Waals surface area contributed by atoms with E-state index < -0.39 is 0 Å². The number of nitrogens with zero attached hydrogens (tertiary/aromatic N) is 1. The van der Waals surface area contributed by atoms with Gasteiger partial charge < -0.3 is 4.74 Å². The Bertz CT molecular complexity index is 1020. The van der Waals surface area contributed by atoms with Gasteiger partial charge in [-0.05, 0) is 49.8 Å². The van der Waals surface area contributed by atoms with Crippen molar-refractivity contribution in [3.8, 4) is 5.75 Å². The molecule has 0 aliphatic carbocycles. The maximum absolute atomic E-state index is 12.5. The number of aryl methyl sites for hydroxylation is 2. The number of carbonyl (C=O) groups is 2. The van der Waals surface area contributed by atoms with E-state index in [1.54, 1.807) is 44.4 Å². The number of ketones is 1. The van der Waals surface area contributed by atoms with E-state index >= 15 is 0 Å². The molecule has 1 amide bonds. The number of aromatic nitrogens is 1. The molecule has 0 aliphatic heterocycles. The minimum Gasteiger partial charge on any atom is -0.497 e. The molecule has 2 aromatic carbocycles. The van der Waals surface area contributed by atoms with Gasteiger partial charge in [0.05, 0.1) is 17.7 Å². The lowest BCUT2D eigenvalue weighted by Crippen LogP contribution is -2.11. The Kier molecular flexibility index (Phi) is 6.01. The zero-order chi connectivity index (χ0) is 20.1. The number of hydrogen-bond donors (Lipinski definition) is 1. The highest BCUT2D eigenvalue weighted by Crippen LogP contribution is 2.24. The largest absolute Gasteiger partial charge is 0.497 e. The molecule has 28 heavy (non-hydrogen) atoms. The number of allylic oxidation sites excluding steroid dienone is 1. The number of amides is 1. The molecule has 1 N–H and O–H groups in total. The maximum atomic E-state index is 12.5. The molecule has 0 unspecified atom stereocenters. The van der Waals surface area contributed by atoms with Crippen molar-refractivity contribution < 1.29 is 14.3 Å². The normalized spacial score (nSPS) is 10.8. The van der Waals surface area contributed by atoms with Gasteiger partial charge in [-0.2, -0.15) is 0 Å². The van der Waals surface area contributed by atoms with Crippen LogP contribution in [0.2, 0.25) is 0 Å². The molecule has 3 rings (SSSR count). The summed E-state index contributed by atoms with van der Waals surface area (Å²) in [7, 11) is 1.57. The van der Waals surface area contributed by atoms with Gasteiger partial charge in [-0.25, -0.2) is 4.98 Å². The van der Waals surface area contributed by atoms with E-state index in [0.29, 0.717) is 27.0 Å². The fraction of sp³-hybridized carbons (Fsp3) is 0.136. The van der Waals surface area contributed by atoms with Crippen LogP contribution in [-0.4, -0.2) is 23.8 Å². The SMILES string of the molecule is COc1ccc(C(=O)Nc2nc(C)c(C(=O)/C=C/c3ccc(C)cc3)s2)cc1. The van der Waals surface area contributed by atoms with Gasteiger partial charge in [-0.1, -0.05) is 47.2 Å². The lowest BCUT2D eigenvalue weighted by atomic mass is 10.1. The summed E-state index contributed by atoms with van der Waals surface area (Å²) in [6.07, 6.45) is 3.30. The number of ether oxygens (including phenoxy) is 1. The fourth-order valence-electron chi connectivity index (χ4n) is 2.52. The lowest BCUT2D eigenvalue weighted by molar-refractivity contribution is 0.102. The molecule has 3 aromatic rings. The van der Waals surface area contributed by atoms with Crippen molar-refractivity contribution in [1.29, 1.82) is 0 Å². The van der Waals surface area contributed by atoms with E-state index in [4.69, 9.17) is 4.74 Å². The number of methoxy groups -OCH3 is 1. The first-order valence-corrected chi connectivity index (χ1v) is 9.50. The molecule has 5 nitrogen and oxygen atoms in total. The van der Waals surface area contributed by atoms with Gasteiger partial charge in [0.25, 0.3) is 5.91 Å². The molecule has 0 radical (unpaired) electrons. The first-order valence-electron chi connectivity index (χ1n) is 8.68. The topological polar surface area (TPSA) is 68.3 Å². The van der Waals surface area contributed by atoms with Gasteiger partial charge in [0.1, 0.15) is 5.75 Å². The third-order valence-electron chi connectivity index (χ3n) is 4.10. The summed E-state index contributed by atoms with van der Waals surface area (Å²) in [4.78, 5) is 29.7. The summed E-state index contributed by atoms with van der Waals surface area (Å²) in [5.74, 6) is 0.251. The van der Waals surface area contributed by atoms with E-state index in [9.17, 15) is 9.59 Å². The summed E-state index contributed by atoms with van der Waals surface area (Å²) >= 11 is 1.17. The third kappa shape index (κ3) is 4.72. The van der Waals surface area contributed by atoms with E-state index in [1.165, 1.54) is 23.0 Å². The van der Waals surface area contributed by atoms with Crippen molar-refractivity contribution in [2.75, 3.05) is 12.4 Å². The average molecular weight is 392 g/mol. The molecule has 0 aliphatic rings. The van der Waals surface area contributed by atoms with Crippen LogP contribution in [0.4, 0.5) is 5.13 Å². The number of nitrogens with one attached hydrogen (secondary N) is 1. The number of thiazole rings is 1. The van der Waals surface area contributed by atoms with Crippen molar-refractivity contribution >= 4 is 34.2 Å². The summed E-state index contributed by atoms with van der Waals surface area (Å²) in [6, 6.07) is 14.7. The highest BCUT2D eigenvalue weighted by Gasteiger charge is 2.15. The second-order valence-corrected chi connectivity index (χ2v) is 7.22. The monoisotopic (exact) mass is 392 g/mol. The third-order valence-corrected chi connectivity index (χ3v) is 5.18. The molecule has 1 heterocycles. The Labute approximate surface area is 167 Å². The van der Waals surface area contributed by atoms with Crippen molar-refractivity contribution in [2.24, 2.45) is 0 Å². The van der Waals surface area contributed by atoms with Gasteiger partial charge in [0.2, 0.25) is 0 Å². The highest BCUT2D eigenvalue weighted by molar-refractivity contribution is 7.18. The Hall–Kier alpha value is -3.25. The van der Waals surface area contributed by atoms with E-state index in [-0.39, 0.29) is 11.7 Å². The Morgan fingerprint density at radius 2 is 1.71 bits per heavy atom. The molecule has 0 spiro atoms. The Morgan fingerprint density at radius 3 is 2.36 bits per heavy atom. The molecular weight excluding hydrogens is 372 g/mol. The predicted octanol–water partition coefficient (Wildman–Crippen LogP) is 4.92. The second kappa shape index (κ2) is 8.63. The van der Waals surface area contributed by atoms with Crippen molar-refractivity contribution in [3.05, 3.63) is 81.9 Å². The number of benzene rings is 2. The quantitative estimate of drug-likeness (QED) is 0.478. The van der Waals surface area contributed by atoms with Crippen LogP contribution in [-0.2, 0) is 0 Å². The molecule has 6 heteroatoms. The smallest absolute Gasteiger partial charge is 0.257 e. The van der Waals surface area contributed by atoms with Crippen molar-refractivity contribution in [1.82, 2.24) is 4.98 Å². The fourth-order valence-corrected chi connectivity index (χ4v) is 3.40. The van der Waals surface area contributed by atoms with E-state index in [0.717, 1.165) is 5.56 Å². The molecule has 0 bridgehead atoms. The predicted molar refractivity (Wildman–Crippen MR) is 112 cm³/mol. The molecule has 0 atom stereocenters. The second-order valence-electron chi connectivity index (χ2n) is 6.22. The average Bonchev–Trinajstić information content (AvgIpc) is 3.07. The molecule has 0 fully saturated rings. The van der Waals surface area contributed by atoms with Crippen LogP contribution in [0.1, 0.15) is 36.9 Å². The van der Waals surface area contributed by atoms with Crippen LogP contribution in [0.5, 0.6) is 5.75 Å². The zero-order valence-corrected chi connectivity index (χ0v) is 16.7. The summed E-state index contributed by atoms with van der Waals surface area (Å²) in [5, 5.41) is 3.14. The number of carbonyl (C=O) groups excluding carboxylic acids is 2. The number of rotatable bonds is 6.